The van der Waals surface area contributed by atoms with Crippen LogP contribution in [0.25, 0.3) is 0 Å². The summed E-state index contributed by atoms with van der Waals surface area (Å²) in [6.07, 6.45) is 0. The molecular weight excluding hydrogens is 424 g/mol. The molecule has 1 saturated heterocycles. The number of hydrogen-bond donors (Lipinski definition) is 6. The van der Waals surface area contributed by atoms with Crippen LogP contribution in [0.2, 0.25) is 0 Å². The smallest absolute Gasteiger partial charge is 0.298 e. The third kappa shape index (κ3) is 9.69. The minimum atomic E-state index is -4.47. The number of benzene rings is 2. The average Bonchev–Trinajstić information content (AvgIpc) is 2.65. The molecule has 0 bridgehead atoms. The van der Waals surface area contributed by atoms with Gasteiger partial charge < -0.3 is 20.8 Å². The molecule has 0 amide bonds. The van der Waals surface area contributed by atoms with E-state index in [0.717, 1.165) is 49.9 Å². The summed E-state index contributed by atoms with van der Waals surface area (Å²) in [7, 11) is -8.49. The minimum absolute atomic E-state index is 0.0666. The Morgan fingerprint density at radius 1 is 0.759 bits per heavy atom. The number of aryl methyl sites for hydroxylation is 1. The molecule has 0 aromatic heterocycles. The van der Waals surface area contributed by atoms with Crippen molar-refractivity contribution in [1.29, 1.82) is 0 Å². The fraction of sp³-hybridized carbons (Fsp3) is 0.294. The summed E-state index contributed by atoms with van der Waals surface area (Å²) in [6, 6.07) is 8.81. The number of aromatic hydroxyl groups is 2. The molecule has 10 nitrogen and oxygen atoms in total. The molecule has 2 aromatic rings. The van der Waals surface area contributed by atoms with Gasteiger partial charge in [-0.1, -0.05) is 17.7 Å². The van der Waals surface area contributed by atoms with Gasteiger partial charge in [0.15, 0.2) is 0 Å². The van der Waals surface area contributed by atoms with E-state index in [9.17, 15) is 16.8 Å². The molecule has 0 aliphatic carbocycles. The number of piperazine rings is 1. The van der Waals surface area contributed by atoms with Crippen molar-refractivity contribution >= 4 is 20.2 Å². The van der Waals surface area contributed by atoms with Gasteiger partial charge >= 0.3 is 0 Å². The van der Waals surface area contributed by atoms with Gasteiger partial charge in [-0.15, -0.1) is 0 Å². The lowest BCUT2D eigenvalue weighted by Gasteiger charge is -2.11. The maximum absolute atomic E-state index is 10.5. The van der Waals surface area contributed by atoms with Crippen molar-refractivity contribution in [3.05, 3.63) is 48.0 Å². The highest BCUT2D eigenvalue weighted by Crippen LogP contribution is 2.25. The zero-order valence-electron chi connectivity index (χ0n) is 15.6. The van der Waals surface area contributed by atoms with Crippen LogP contribution in [-0.2, 0) is 20.2 Å². The van der Waals surface area contributed by atoms with Crippen LogP contribution in [0.1, 0.15) is 5.56 Å². The summed E-state index contributed by atoms with van der Waals surface area (Å²) >= 11 is 0. The van der Waals surface area contributed by atoms with Crippen LogP contribution in [0.4, 0.5) is 0 Å². The lowest BCUT2D eigenvalue weighted by atomic mass is 10.2. The molecule has 29 heavy (non-hydrogen) atoms. The number of phenols is 2. The van der Waals surface area contributed by atoms with Crippen LogP contribution < -0.4 is 10.6 Å². The molecule has 162 valence electrons. The summed E-state index contributed by atoms with van der Waals surface area (Å²) in [5.41, 5.74) is 0.956. The van der Waals surface area contributed by atoms with Crippen LogP contribution in [-0.4, -0.2) is 62.3 Å². The Kier molecular flexibility index (Phi) is 9.49. The van der Waals surface area contributed by atoms with Gasteiger partial charge in [0.05, 0.1) is 4.90 Å². The highest BCUT2D eigenvalue weighted by Gasteiger charge is 2.15. The molecule has 1 aliphatic heterocycles. The first-order valence-electron chi connectivity index (χ1n) is 8.36. The van der Waals surface area contributed by atoms with Gasteiger partial charge in [-0.2, -0.15) is 16.8 Å². The summed E-state index contributed by atoms with van der Waals surface area (Å²) in [6.45, 7) is 6.40. The molecule has 6 N–H and O–H groups in total. The molecular formula is C17H24N2O8S2. The Hall–Kier alpha value is -2.22. The van der Waals surface area contributed by atoms with Crippen LogP contribution in [0, 0.1) is 6.92 Å². The van der Waals surface area contributed by atoms with Gasteiger partial charge in [0, 0.05) is 32.2 Å². The van der Waals surface area contributed by atoms with E-state index >= 15 is 0 Å². The standard InChI is InChI=1S/C7H8O3S.C6H6O5S.C4H10N2/c1-6-2-4-7(5-3-6)11(8,9)10;7-4-1-2-5(8)6(3-4)12(9,10)11;1-2-6-4-3-5-1/h2-5H,1H3,(H,8,9,10);1-3,7-8H,(H,9,10,11);5-6H,1-4H2. The third-order valence-corrected chi connectivity index (χ3v) is 5.25. The quantitative estimate of drug-likeness (QED) is 0.284. The summed E-state index contributed by atoms with van der Waals surface area (Å²) < 4.78 is 59.0. The van der Waals surface area contributed by atoms with Crippen LogP contribution in [0.15, 0.2) is 52.3 Å². The largest absolute Gasteiger partial charge is 0.508 e. The number of hydrogen-bond acceptors (Lipinski definition) is 8. The average molecular weight is 449 g/mol. The minimum Gasteiger partial charge on any atom is -0.508 e. The third-order valence-electron chi connectivity index (χ3n) is 3.50. The number of phenolic OH excluding ortho intramolecular Hbond substituents is 2. The van der Waals surface area contributed by atoms with E-state index in [1.54, 1.807) is 12.1 Å². The van der Waals surface area contributed by atoms with Gasteiger partial charge in [0.1, 0.15) is 16.4 Å². The molecule has 3 rings (SSSR count). The highest BCUT2D eigenvalue weighted by atomic mass is 32.2. The lowest BCUT2D eigenvalue weighted by Crippen LogP contribution is -2.39. The van der Waals surface area contributed by atoms with Crippen molar-refractivity contribution in [2.24, 2.45) is 0 Å². The molecule has 2 aromatic carbocycles. The van der Waals surface area contributed by atoms with Crippen LogP contribution >= 0.6 is 0 Å². The maximum Gasteiger partial charge on any atom is 0.298 e. The van der Waals surface area contributed by atoms with E-state index in [-0.39, 0.29) is 10.6 Å². The predicted octanol–water partition coefficient (Wildman–Crippen LogP) is 0.765. The fourth-order valence-electron chi connectivity index (χ4n) is 2.02. The normalized spacial score (nSPS) is 14.0. The van der Waals surface area contributed by atoms with Crippen molar-refractivity contribution in [1.82, 2.24) is 10.6 Å². The van der Waals surface area contributed by atoms with Gasteiger partial charge in [0.2, 0.25) is 0 Å². The second kappa shape index (κ2) is 11.1. The first-order chi connectivity index (χ1) is 13.4. The van der Waals surface area contributed by atoms with Crippen molar-refractivity contribution in [3.8, 4) is 11.5 Å². The molecule has 1 heterocycles. The first-order valence-corrected chi connectivity index (χ1v) is 11.2. The van der Waals surface area contributed by atoms with E-state index in [4.69, 9.17) is 19.3 Å². The Bertz CT molecular complexity index is 975. The Labute approximate surface area is 169 Å². The van der Waals surface area contributed by atoms with E-state index in [2.05, 4.69) is 10.6 Å². The Morgan fingerprint density at radius 2 is 1.24 bits per heavy atom. The van der Waals surface area contributed by atoms with Crippen molar-refractivity contribution < 1.29 is 36.2 Å². The van der Waals surface area contributed by atoms with Gasteiger partial charge in [-0.25, -0.2) is 0 Å². The number of rotatable bonds is 2. The van der Waals surface area contributed by atoms with Crippen molar-refractivity contribution in [2.45, 2.75) is 16.7 Å². The number of nitrogens with one attached hydrogen (secondary N) is 2. The van der Waals surface area contributed by atoms with Crippen molar-refractivity contribution in [3.63, 3.8) is 0 Å². The van der Waals surface area contributed by atoms with Crippen LogP contribution in [0.3, 0.4) is 0 Å². The lowest BCUT2D eigenvalue weighted by molar-refractivity contribution is 0.433. The summed E-state index contributed by atoms with van der Waals surface area (Å²) in [4.78, 5) is -0.773. The highest BCUT2D eigenvalue weighted by molar-refractivity contribution is 7.86. The second-order valence-electron chi connectivity index (χ2n) is 5.92. The molecule has 12 heteroatoms. The molecule has 0 unspecified atom stereocenters. The maximum atomic E-state index is 10.5. The van der Waals surface area contributed by atoms with E-state index in [1.165, 1.54) is 12.1 Å². The van der Waals surface area contributed by atoms with Gasteiger partial charge in [-0.05, 0) is 31.2 Å². The van der Waals surface area contributed by atoms with E-state index in [0.29, 0.717) is 0 Å². The molecule has 1 aliphatic rings. The van der Waals surface area contributed by atoms with Gasteiger partial charge in [-0.3, -0.25) is 9.11 Å². The molecule has 0 radical (unpaired) electrons. The van der Waals surface area contributed by atoms with Crippen LogP contribution in [0.5, 0.6) is 11.5 Å². The zero-order valence-corrected chi connectivity index (χ0v) is 17.2. The topological polar surface area (TPSA) is 173 Å². The monoisotopic (exact) mass is 448 g/mol. The molecule has 0 spiro atoms. The summed E-state index contributed by atoms with van der Waals surface area (Å²) in [5.74, 6) is -0.948. The SMILES string of the molecule is C1CNCCN1.Cc1ccc(S(=O)(=O)O)cc1.O=S(=O)(O)c1cc(O)ccc1O. The molecule has 0 saturated carbocycles. The molecule has 0 atom stereocenters. The van der Waals surface area contributed by atoms with E-state index in [1.807, 2.05) is 6.92 Å². The predicted molar refractivity (Wildman–Crippen MR) is 106 cm³/mol. The molecule has 1 fully saturated rings. The van der Waals surface area contributed by atoms with Gasteiger partial charge in [0.25, 0.3) is 20.2 Å². The fourth-order valence-corrected chi connectivity index (χ4v) is 3.11. The zero-order chi connectivity index (χ0) is 22.1. The summed E-state index contributed by atoms with van der Waals surface area (Å²) in [5, 5.41) is 24.2. The van der Waals surface area contributed by atoms with E-state index < -0.39 is 30.9 Å². The Balaban J connectivity index is 0.000000229. The van der Waals surface area contributed by atoms with Crippen molar-refractivity contribution in [2.75, 3.05) is 26.2 Å². The Morgan fingerprint density at radius 3 is 1.59 bits per heavy atom. The second-order valence-corrected chi connectivity index (χ2v) is 8.73. The first kappa shape index (κ1) is 24.8.